The van der Waals surface area contributed by atoms with Gasteiger partial charge in [-0.3, -0.25) is 4.79 Å². The Bertz CT molecular complexity index is 1130. The quantitative estimate of drug-likeness (QED) is 0.748. The first-order valence-corrected chi connectivity index (χ1v) is 10.0. The number of hydrogen-bond donors (Lipinski definition) is 1. The summed E-state index contributed by atoms with van der Waals surface area (Å²) in [6, 6.07) is 17.6. The van der Waals surface area contributed by atoms with Crippen molar-refractivity contribution in [2.75, 3.05) is 18.0 Å². The molecule has 1 saturated heterocycles. The summed E-state index contributed by atoms with van der Waals surface area (Å²) in [7, 11) is 0. The van der Waals surface area contributed by atoms with E-state index in [2.05, 4.69) is 16.3 Å². The van der Waals surface area contributed by atoms with Crippen molar-refractivity contribution in [2.45, 2.75) is 25.3 Å². The van der Waals surface area contributed by atoms with E-state index in [0.717, 1.165) is 60.5 Å². The lowest BCUT2D eigenvalue weighted by molar-refractivity contribution is -0.122. The summed E-state index contributed by atoms with van der Waals surface area (Å²) in [5, 5.41) is 12.5. The van der Waals surface area contributed by atoms with E-state index in [4.69, 9.17) is 9.97 Å². The van der Waals surface area contributed by atoms with Crippen molar-refractivity contribution in [3.8, 4) is 17.3 Å². The van der Waals surface area contributed by atoms with Crippen molar-refractivity contribution in [1.29, 1.82) is 5.26 Å². The van der Waals surface area contributed by atoms with Crippen molar-refractivity contribution in [3.63, 3.8) is 0 Å². The number of carbonyl (C=O) groups is 1. The van der Waals surface area contributed by atoms with Gasteiger partial charge in [-0.2, -0.15) is 5.26 Å². The number of para-hydroxylation sites is 2. The van der Waals surface area contributed by atoms with Gasteiger partial charge in [0.2, 0.25) is 5.91 Å². The van der Waals surface area contributed by atoms with Crippen LogP contribution in [0, 0.1) is 17.2 Å². The molecule has 1 amide bonds. The second-order valence-corrected chi connectivity index (χ2v) is 7.79. The molecule has 3 aromatic rings. The maximum absolute atomic E-state index is 12.2. The van der Waals surface area contributed by atoms with Crippen LogP contribution in [-0.2, 0) is 4.79 Å². The molecule has 6 nitrogen and oxygen atoms in total. The maximum atomic E-state index is 12.2. The van der Waals surface area contributed by atoms with Crippen LogP contribution in [0.4, 0.5) is 5.82 Å². The van der Waals surface area contributed by atoms with Crippen LogP contribution in [0.3, 0.4) is 0 Å². The molecular weight excluding hydrogens is 362 g/mol. The lowest BCUT2D eigenvalue weighted by atomic mass is 10.1. The highest BCUT2D eigenvalue weighted by Crippen LogP contribution is 2.33. The van der Waals surface area contributed by atoms with E-state index in [1.165, 1.54) is 0 Å². The van der Waals surface area contributed by atoms with Crippen molar-refractivity contribution >= 4 is 22.8 Å². The molecule has 1 N–H and O–H groups in total. The van der Waals surface area contributed by atoms with Crippen LogP contribution >= 0.6 is 0 Å². The molecule has 2 aromatic carbocycles. The number of hydrogen-bond acceptors (Lipinski definition) is 5. The van der Waals surface area contributed by atoms with Gasteiger partial charge in [0.1, 0.15) is 5.69 Å². The number of amides is 1. The number of rotatable bonds is 4. The Hall–Kier alpha value is -3.46. The van der Waals surface area contributed by atoms with Gasteiger partial charge >= 0.3 is 0 Å². The van der Waals surface area contributed by atoms with Gasteiger partial charge in [0.05, 0.1) is 22.7 Å². The Balaban J connectivity index is 1.51. The highest BCUT2D eigenvalue weighted by molar-refractivity contribution is 5.84. The lowest BCUT2D eigenvalue weighted by Gasteiger charge is -2.21. The van der Waals surface area contributed by atoms with E-state index in [9.17, 15) is 10.1 Å². The average Bonchev–Trinajstić information content (AvgIpc) is 3.52. The van der Waals surface area contributed by atoms with Gasteiger partial charge in [0.25, 0.3) is 0 Å². The second-order valence-electron chi connectivity index (χ2n) is 7.79. The zero-order valence-electron chi connectivity index (χ0n) is 16.0. The van der Waals surface area contributed by atoms with Gasteiger partial charge in [-0.1, -0.05) is 24.3 Å². The van der Waals surface area contributed by atoms with Crippen LogP contribution < -0.4 is 10.2 Å². The molecule has 5 rings (SSSR count). The topological polar surface area (TPSA) is 81.9 Å². The van der Waals surface area contributed by atoms with E-state index < -0.39 is 0 Å². The molecule has 1 aromatic heterocycles. The van der Waals surface area contributed by atoms with Crippen molar-refractivity contribution < 1.29 is 4.79 Å². The molecule has 0 bridgehead atoms. The molecule has 2 fully saturated rings. The molecule has 2 heterocycles. The average molecular weight is 383 g/mol. The maximum Gasteiger partial charge on any atom is 0.223 e. The summed E-state index contributed by atoms with van der Waals surface area (Å²) >= 11 is 0. The van der Waals surface area contributed by atoms with Crippen LogP contribution in [0.15, 0.2) is 48.5 Å². The number of nitrogens with zero attached hydrogens (tertiary/aromatic N) is 4. The summed E-state index contributed by atoms with van der Waals surface area (Å²) in [5.74, 6) is 1.21. The van der Waals surface area contributed by atoms with E-state index in [-0.39, 0.29) is 17.9 Å². The van der Waals surface area contributed by atoms with Crippen LogP contribution in [0.5, 0.6) is 0 Å². The van der Waals surface area contributed by atoms with E-state index >= 15 is 0 Å². The van der Waals surface area contributed by atoms with Crippen molar-refractivity contribution in [3.05, 3.63) is 54.1 Å². The first-order valence-electron chi connectivity index (χ1n) is 10.0. The van der Waals surface area contributed by atoms with Gasteiger partial charge < -0.3 is 10.2 Å². The molecule has 29 heavy (non-hydrogen) atoms. The summed E-state index contributed by atoms with van der Waals surface area (Å²) in [6.45, 7) is 1.53. The van der Waals surface area contributed by atoms with Crippen LogP contribution in [0.1, 0.15) is 24.8 Å². The Kier molecular flexibility index (Phi) is 4.36. The molecule has 0 unspecified atom stereocenters. The van der Waals surface area contributed by atoms with E-state index in [0.29, 0.717) is 5.56 Å². The third-order valence-corrected chi connectivity index (χ3v) is 5.60. The Morgan fingerprint density at radius 1 is 1.07 bits per heavy atom. The smallest absolute Gasteiger partial charge is 0.223 e. The largest absolute Gasteiger partial charge is 0.353 e. The number of nitrogens with one attached hydrogen (secondary N) is 1. The minimum absolute atomic E-state index is 0.134. The zero-order chi connectivity index (χ0) is 19.8. The number of carbonyl (C=O) groups excluding carboxylic acids is 1. The zero-order valence-corrected chi connectivity index (χ0v) is 16.0. The summed E-state index contributed by atoms with van der Waals surface area (Å²) in [6.07, 6.45) is 2.92. The second kappa shape index (κ2) is 7.17. The number of anilines is 1. The SMILES string of the molecule is N#Cc1cccc(-c2nc3ccccc3nc2N2CC[C@H](NC(=O)C3CC3)C2)c1. The minimum Gasteiger partial charge on any atom is -0.353 e. The van der Waals surface area contributed by atoms with Gasteiger partial charge in [-0.25, -0.2) is 9.97 Å². The molecule has 1 aliphatic heterocycles. The first-order chi connectivity index (χ1) is 14.2. The third kappa shape index (κ3) is 3.52. The molecule has 144 valence electrons. The molecule has 1 aliphatic carbocycles. The highest BCUT2D eigenvalue weighted by atomic mass is 16.2. The number of benzene rings is 2. The normalized spacial score (nSPS) is 18.6. The molecule has 1 atom stereocenters. The van der Waals surface area contributed by atoms with E-state index in [1.54, 1.807) is 6.07 Å². The summed E-state index contributed by atoms with van der Waals surface area (Å²) in [5.41, 5.74) is 3.91. The first kappa shape index (κ1) is 17.6. The van der Waals surface area contributed by atoms with Crippen LogP contribution in [0.2, 0.25) is 0 Å². The molecular formula is C23H21N5O. The van der Waals surface area contributed by atoms with E-state index in [1.807, 2.05) is 42.5 Å². The molecule has 1 saturated carbocycles. The number of fused-ring (bicyclic) bond motifs is 1. The number of aromatic nitrogens is 2. The van der Waals surface area contributed by atoms with Gasteiger partial charge in [0.15, 0.2) is 5.82 Å². The summed E-state index contributed by atoms with van der Waals surface area (Å²) < 4.78 is 0. The van der Waals surface area contributed by atoms with Gasteiger partial charge in [-0.15, -0.1) is 0 Å². The Morgan fingerprint density at radius 3 is 2.62 bits per heavy atom. The Morgan fingerprint density at radius 2 is 1.86 bits per heavy atom. The standard InChI is InChI=1S/C23H21N5O/c24-13-15-4-3-5-17(12-15)21-22(27-20-7-2-1-6-19(20)26-21)28-11-10-18(14-28)25-23(29)16-8-9-16/h1-7,12,16,18H,8-11,14H2,(H,25,29)/t18-/m0/s1. The van der Waals surface area contributed by atoms with Crippen molar-refractivity contribution in [2.24, 2.45) is 5.92 Å². The fourth-order valence-corrected chi connectivity index (χ4v) is 3.88. The van der Waals surface area contributed by atoms with Gasteiger partial charge in [-0.05, 0) is 43.5 Å². The highest BCUT2D eigenvalue weighted by Gasteiger charge is 2.33. The lowest BCUT2D eigenvalue weighted by Crippen LogP contribution is -2.38. The molecule has 2 aliphatic rings. The van der Waals surface area contributed by atoms with Crippen LogP contribution in [-0.4, -0.2) is 35.0 Å². The third-order valence-electron chi connectivity index (χ3n) is 5.60. The van der Waals surface area contributed by atoms with Crippen LogP contribution in [0.25, 0.3) is 22.3 Å². The van der Waals surface area contributed by atoms with Gasteiger partial charge in [0, 0.05) is 30.6 Å². The number of nitriles is 1. The fourth-order valence-electron chi connectivity index (χ4n) is 3.88. The molecule has 0 radical (unpaired) electrons. The monoisotopic (exact) mass is 383 g/mol. The molecule has 6 heteroatoms. The predicted octanol–water partition coefficient (Wildman–Crippen LogP) is 3.27. The van der Waals surface area contributed by atoms with Crippen molar-refractivity contribution in [1.82, 2.24) is 15.3 Å². The Labute approximate surface area is 169 Å². The fraction of sp³-hybridized carbons (Fsp3) is 0.304. The predicted molar refractivity (Wildman–Crippen MR) is 111 cm³/mol. The minimum atomic E-state index is 0.134. The summed E-state index contributed by atoms with van der Waals surface area (Å²) in [4.78, 5) is 24.2. The molecule has 0 spiro atoms.